The number of urea groups is 1. The second-order valence-corrected chi connectivity index (χ2v) is 21.6. The molecule has 15 heteroatoms. The molecule has 4 amide bonds. The van der Waals surface area contributed by atoms with Gasteiger partial charge in [-0.15, -0.1) is 0 Å². The van der Waals surface area contributed by atoms with E-state index in [0.717, 1.165) is 22.3 Å². The Labute approximate surface area is 477 Å². The average molecular weight is 1100 g/mol. The van der Waals surface area contributed by atoms with Crippen molar-refractivity contribution >= 4 is 29.5 Å². The molecule has 0 aromatic heterocycles. The molecule has 82 heavy (non-hydrogen) atoms. The van der Waals surface area contributed by atoms with Crippen LogP contribution in [0.4, 0.5) is 10.5 Å². The summed E-state index contributed by atoms with van der Waals surface area (Å²) in [7, 11) is 2.00. The minimum Gasteiger partial charge on any atom is -0.491 e. The molecule has 7 atom stereocenters. The van der Waals surface area contributed by atoms with Crippen LogP contribution in [0.25, 0.3) is 0 Å². The molecular weight excluding hydrogens is 1030 g/mol. The predicted molar refractivity (Wildman–Crippen MR) is 308 cm³/mol. The van der Waals surface area contributed by atoms with E-state index in [1.807, 2.05) is 171 Å². The van der Waals surface area contributed by atoms with Gasteiger partial charge < -0.3 is 34.3 Å². The van der Waals surface area contributed by atoms with Gasteiger partial charge in [0.05, 0.1) is 42.9 Å². The number of rotatable bonds is 14. The Morgan fingerprint density at radius 3 is 2.16 bits per heavy atom. The van der Waals surface area contributed by atoms with Crippen molar-refractivity contribution in [1.29, 1.82) is 0 Å². The quantitative estimate of drug-likeness (QED) is 0.0791. The minimum atomic E-state index is -2.01. The Hall–Kier alpha value is -8.78. The second-order valence-electron chi connectivity index (χ2n) is 21.6. The van der Waals surface area contributed by atoms with Crippen molar-refractivity contribution in [3.63, 3.8) is 0 Å². The van der Waals surface area contributed by atoms with E-state index in [1.54, 1.807) is 23.1 Å². The van der Waals surface area contributed by atoms with Crippen molar-refractivity contribution in [3.8, 4) is 29.1 Å². The third kappa shape index (κ3) is 10.2. The molecule has 0 radical (unpaired) electrons. The predicted octanol–water partition coefficient (Wildman–Crippen LogP) is 8.75. The van der Waals surface area contributed by atoms with Crippen LogP contribution in [0, 0.1) is 17.8 Å². The van der Waals surface area contributed by atoms with Crippen molar-refractivity contribution in [3.05, 3.63) is 226 Å². The summed E-state index contributed by atoms with van der Waals surface area (Å²) in [6.45, 7) is 4.97. The number of imide groups is 1. The molecule has 5 heterocycles. The van der Waals surface area contributed by atoms with Crippen LogP contribution < -0.4 is 24.4 Å². The maximum atomic E-state index is 17.1. The van der Waals surface area contributed by atoms with E-state index in [-0.39, 0.29) is 38.8 Å². The van der Waals surface area contributed by atoms with Crippen LogP contribution in [0.1, 0.15) is 75.7 Å². The number of cyclic esters (lactones) is 1. The van der Waals surface area contributed by atoms with Crippen LogP contribution in [0.3, 0.4) is 0 Å². The normalized spacial score (nSPS) is 22.3. The largest absolute Gasteiger partial charge is 0.491 e. The number of esters is 1. The molecule has 0 bridgehead atoms. The highest BCUT2D eigenvalue weighted by Crippen LogP contribution is 2.66. The fraction of sp³-hybridized carbons (Fsp3) is 0.284. The van der Waals surface area contributed by atoms with Crippen LogP contribution in [0.2, 0.25) is 0 Å². The van der Waals surface area contributed by atoms with Gasteiger partial charge in [-0.25, -0.2) is 9.69 Å². The topological polar surface area (TPSA) is 154 Å². The molecule has 3 fully saturated rings. The van der Waals surface area contributed by atoms with Gasteiger partial charge in [0.25, 0.3) is 0 Å². The van der Waals surface area contributed by atoms with Crippen LogP contribution in [-0.2, 0) is 37.6 Å². The molecule has 15 nitrogen and oxygen atoms in total. The Morgan fingerprint density at radius 1 is 0.744 bits per heavy atom. The highest BCUT2D eigenvalue weighted by atomic mass is 16.7. The summed E-state index contributed by atoms with van der Waals surface area (Å²) in [5.74, 6) is 5.30. The first-order chi connectivity index (χ1) is 40.1. The van der Waals surface area contributed by atoms with Crippen molar-refractivity contribution in [1.82, 2.24) is 24.9 Å². The maximum absolute atomic E-state index is 17.1. The highest BCUT2D eigenvalue weighted by Gasteiger charge is 2.76. The molecule has 416 valence electrons. The summed E-state index contributed by atoms with van der Waals surface area (Å²) >= 11 is 0. The molecule has 7 aromatic rings. The van der Waals surface area contributed by atoms with Crippen LogP contribution in [0.15, 0.2) is 182 Å². The Morgan fingerprint density at radius 2 is 1.43 bits per heavy atom. The lowest BCUT2D eigenvalue weighted by atomic mass is 9.64. The average Bonchev–Trinajstić information content (AvgIpc) is 2.45. The minimum absolute atomic E-state index is 0.0136. The lowest BCUT2D eigenvalue weighted by Crippen LogP contribution is -2.59. The molecule has 5 aliphatic rings. The molecule has 12 rings (SSSR count). The number of aliphatic hydroxyl groups excluding tert-OH is 1. The molecule has 3 saturated heterocycles. The summed E-state index contributed by atoms with van der Waals surface area (Å²) in [6.07, 6.45) is -0.915. The van der Waals surface area contributed by atoms with Gasteiger partial charge in [-0.3, -0.25) is 29.1 Å². The van der Waals surface area contributed by atoms with E-state index in [0.29, 0.717) is 72.2 Å². The first-order valence-corrected chi connectivity index (χ1v) is 28.0. The molecule has 5 aliphatic heterocycles. The number of hydrogen-bond acceptors (Lipinski definition) is 12. The number of carbonyl (C=O) groups excluding carboxylic acids is 4. The van der Waals surface area contributed by atoms with Gasteiger partial charge in [-0.1, -0.05) is 151 Å². The number of ether oxygens (including phenoxy) is 4. The summed E-state index contributed by atoms with van der Waals surface area (Å²) in [4.78, 5) is 74.6. The molecule has 2 N–H and O–H groups in total. The van der Waals surface area contributed by atoms with Crippen LogP contribution >= 0.6 is 0 Å². The Bertz CT molecular complexity index is 3540. The number of hydrogen-bond donors (Lipinski definition) is 2. The number of nitrogens with one attached hydrogen (secondary N) is 1. The van der Waals surface area contributed by atoms with Crippen molar-refractivity contribution in [2.75, 3.05) is 64.7 Å². The zero-order valence-electron chi connectivity index (χ0n) is 45.8. The third-order valence-corrected chi connectivity index (χ3v) is 16.5. The summed E-state index contributed by atoms with van der Waals surface area (Å²) in [6, 6.07) is 53.0. The fourth-order valence-corrected chi connectivity index (χ4v) is 12.8. The molecule has 7 aromatic carbocycles. The Kier molecular flexibility index (Phi) is 15.3. The van der Waals surface area contributed by atoms with E-state index in [2.05, 4.69) is 39.1 Å². The summed E-state index contributed by atoms with van der Waals surface area (Å²) in [5.41, 5.74) is 4.22. The number of morpholine rings is 1. The second kappa shape index (κ2) is 23.4. The first-order valence-electron chi connectivity index (χ1n) is 28.0. The zero-order valence-corrected chi connectivity index (χ0v) is 45.8. The number of benzene rings is 7. The lowest BCUT2D eigenvalue weighted by molar-refractivity contribution is -0.179. The van der Waals surface area contributed by atoms with E-state index >= 15 is 19.2 Å². The third-order valence-electron chi connectivity index (χ3n) is 16.5. The van der Waals surface area contributed by atoms with Gasteiger partial charge in [0, 0.05) is 44.8 Å². The fourth-order valence-electron chi connectivity index (χ4n) is 12.8. The number of fused-ring (bicyclic) bond motifs is 4. The Balaban J connectivity index is 1.05. The van der Waals surface area contributed by atoms with Crippen LogP contribution in [0.5, 0.6) is 17.2 Å². The van der Waals surface area contributed by atoms with Crippen LogP contribution in [-0.4, -0.2) is 114 Å². The van der Waals surface area contributed by atoms with E-state index in [1.165, 1.54) is 4.90 Å². The SMILES string of the molecule is C[C@@H](NC(=O)N1C(=O)[C@@]2(c3cc(C#CCN(C)Cc4ccccc4)ccc31)[C@H](c1cccc(OCCO)c1)N1[C@H](c3ccccc3)[C@H](c3ccccc3)OC(=O)[C@H]1[C@@H]2C(=O)N1CCN(Cc2ccc3c(c2)OCO3)CC1)c1ccccc1. The first kappa shape index (κ1) is 53.8. The van der Waals surface area contributed by atoms with Gasteiger partial charge >= 0.3 is 12.0 Å². The standard InChI is InChI=1S/C67H64N6O9/c1-45(49-20-9-4-10-21-49)68-66(78)72-55-30-28-46(19-16-32-69(2)42-47-17-7-3-8-18-47)39-54(55)67(65(72)77)58(63(75)71-35-33-70(34-36-71)43-48-29-31-56-57(40-48)81-44-80-56)60-64(76)82-61(51-24-13-6-14-25-51)59(50-22-11-5-12-23-50)73(60)62(67)52-26-15-27-53(41-52)79-38-37-74/h3-15,17-18,20-31,39-41,45,58-62,74H,32-38,42-44H2,1-2H3,(H,68,78)/t45-,58-,59-,60-,61+,62+,67-/m1/s1. The van der Waals surface area contributed by atoms with Gasteiger partial charge in [-0.05, 0) is 95.4 Å². The lowest BCUT2D eigenvalue weighted by Gasteiger charge is -2.46. The smallest absolute Gasteiger partial charge is 0.329 e. The van der Waals surface area contributed by atoms with Gasteiger partial charge in [0.2, 0.25) is 18.6 Å². The summed E-state index contributed by atoms with van der Waals surface area (Å²) < 4.78 is 24.2. The van der Waals surface area contributed by atoms with E-state index in [4.69, 9.17) is 18.9 Å². The highest BCUT2D eigenvalue weighted by molar-refractivity contribution is 6.24. The van der Waals surface area contributed by atoms with Gasteiger partial charge in [0.1, 0.15) is 29.9 Å². The number of nitrogens with zero attached hydrogens (tertiary/aromatic N) is 5. The molecule has 0 aliphatic carbocycles. The monoisotopic (exact) mass is 1100 g/mol. The zero-order chi connectivity index (χ0) is 56.3. The maximum Gasteiger partial charge on any atom is 0.329 e. The molecule has 0 saturated carbocycles. The molecule has 1 spiro atoms. The number of anilines is 1. The van der Waals surface area contributed by atoms with E-state index in [9.17, 15) is 5.11 Å². The van der Waals surface area contributed by atoms with Gasteiger partial charge in [-0.2, -0.15) is 0 Å². The molecular formula is C67H64N6O9. The number of piperazine rings is 1. The summed E-state index contributed by atoms with van der Waals surface area (Å²) in [5, 5.41) is 13.1. The number of aliphatic hydroxyl groups is 1. The van der Waals surface area contributed by atoms with Crippen molar-refractivity contribution < 1.29 is 43.2 Å². The molecule has 0 unspecified atom stereocenters. The van der Waals surface area contributed by atoms with Gasteiger partial charge in [0.15, 0.2) is 11.5 Å². The van der Waals surface area contributed by atoms with Crippen molar-refractivity contribution in [2.24, 2.45) is 5.92 Å². The van der Waals surface area contributed by atoms with E-state index < -0.39 is 65.4 Å². The number of carbonyl (C=O) groups is 4. The van der Waals surface area contributed by atoms with Crippen molar-refractivity contribution in [2.45, 2.75) is 55.7 Å². The number of amides is 4.